The molecule has 0 fully saturated rings. The summed E-state index contributed by atoms with van der Waals surface area (Å²) >= 11 is 6.09. The summed E-state index contributed by atoms with van der Waals surface area (Å²) in [5, 5.41) is 11.0. The van der Waals surface area contributed by atoms with Crippen LogP contribution in [-0.4, -0.2) is 5.11 Å². The molecule has 1 aromatic carbocycles. The zero-order chi connectivity index (χ0) is 18.6. The molecule has 0 aliphatic rings. The molecule has 0 saturated carbocycles. The van der Waals surface area contributed by atoms with Crippen molar-refractivity contribution in [2.75, 3.05) is 0 Å². The highest BCUT2D eigenvalue weighted by molar-refractivity contribution is 6.30. The third kappa shape index (κ3) is 4.43. The molecular weight excluding hydrogens is 330 g/mol. The highest BCUT2D eigenvalue weighted by Crippen LogP contribution is 2.33. The topological polar surface area (TPSA) is 24.1 Å². The first-order valence-electron chi connectivity index (χ1n) is 9.37. The van der Waals surface area contributed by atoms with E-state index in [0.29, 0.717) is 12.0 Å². The number of hydrogen-bond donors (Lipinski definition) is 1. The van der Waals surface area contributed by atoms with Crippen LogP contribution in [0.2, 0.25) is 5.02 Å². The van der Waals surface area contributed by atoms with E-state index >= 15 is 0 Å². The molecule has 0 saturated heterocycles. The second kappa shape index (κ2) is 8.82. The van der Waals surface area contributed by atoms with E-state index in [1.165, 1.54) is 16.8 Å². The maximum Gasteiger partial charge on any atom is 0.190 e. The smallest absolute Gasteiger partial charge is 0.190 e. The zero-order valence-electron chi connectivity index (χ0n) is 16.1. The lowest BCUT2D eigenvalue weighted by Crippen LogP contribution is -2.43. The van der Waals surface area contributed by atoms with Crippen LogP contribution >= 0.6 is 11.6 Å². The van der Waals surface area contributed by atoms with Crippen LogP contribution < -0.4 is 4.57 Å². The molecule has 1 aromatic heterocycles. The fraction of sp³-hybridized carbons (Fsp3) is 0.500. The molecule has 1 heterocycles. The van der Waals surface area contributed by atoms with E-state index in [2.05, 4.69) is 57.5 Å². The van der Waals surface area contributed by atoms with E-state index in [9.17, 15) is 5.11 Å². The minimum Gasteiger partial charge on any atom is -0.391 e. The fourth-order valence-electron chi connectivity index (χ4n) is 3.55. The summed E-state index contributed by atoms with van der Waals surface area (Å²) in [5.74, 6) is 0.343. The number of aliphatic hydroxyl groups is 1. The number of aliphatic hydroxyl groups excluding tert-OH is 1. The second-order valence-corrected chi connectivity index (χ2v) is 7.75. The average molecular weight is 361 g/mol. The van der Waals surface area contributed by atoms with Gasteiger partial charge in [-0.05, 0) is 44.4 Å². The van der Waals surface area contributed by atoms with Gasteiger partial charge in [0.25, 0.3) is 0 Å². The van der Waals surface area contributed by atoms with Crippen LogP contribution in [0.1, 0.15) is 76.2 Å². The third-order valence-corrected chi connectivity index (χ3v) is 4.95. The first kappa shape index (κ1) is 19.9. The normalized spacial score (nSPS) is 11.6. The van der Waals surface area contributed by atoms with Crippen LogP contribution in [0.3, 0.4) is 0 Å². The molecule has 2 nitrogen and oxygen atoms in total. The summed E-state index contributed by atoms with van der Waals surface area (Å²) in [5.41, 5.74) is 5.92. The Morgan fingerprint density at radius 1 is 1.08 bits per heavy atom. The van der Waals surface area contributed by atoms with Gasteiger partial charge in [-0.1, -0.05) is 50.9 Å². The van der Waals surface area contributed by atoms with Crippen molar-refractivity contribution in [1.29, 1.82) is 0 Å². The predicted molar refractivity (Wildman–Crippen MR) is 106 cm³/mol. The molecule has 0 radical (unpaired) electrons. The van der Waals surface area contributed by atoms with Crippen LogP contribution in [0.5, 0.6) is 0 Å². The summed E-state index contributed by atoms with van der Waals surface area (Å²) in [7, 11) is 0. The molecule has 3 heteroatoms. The quantitative estimate of drug-likeness (QED) is 0.617. The van der Waals surface area contributed by atoms with E-state index in [1.54, 1.807) is 0 Å². The van der Waals surface area contributed by atoms with Crippen molar-refractivity contribution >= 4 is 11.6 Å². The maximum atomic E-state index is 10.3. The van der Waals surface area contributed by atoms with Crippen LogP contribution in [0.25, 0.3) is 11.1 Å². The van der Waals surface area contributed by atoms with Gasteiger partial charge in [0.1, 0.15) is 0 Å². The van der Waals surface area contributed by atoms with Crippen molar-refractivity contribution in [2.24, 2.45) is 0 Å². The third-order valence-electron chi connectivity index (χ3n) is 4.70. The Hall–Kier alpha value is -1.38. The second-order valence-electron chi connectivity index (χ2n) is 7.32. The number of pyridine rings is 1. The molecule has 0 bridgehead atoms. The number of rotatable bonds is 7. The molecule has 2 rings (SSSR count). The highest BCUT2D eigenvalue weighted by atomic mass is 35.5. The molecule has 0 aliphatic carbocycles. The summed E-state index contributed by atoms with van der Waals surface area (Å²) in [6, 6.07) is 8.36. The number of halogens is 1. The highest BCUT2D eigenvalue weighted by Gasteiger charge is 2.28. The van der Waals surface area contributed by atoms with Crippen LogP contribution in [0, 0.1) is 0 Å². The van der Waals surface area contributed by atoms with E-state index in [4.69, 9.17) is 11.6 Å². The van der Waals surface area contributed by atoms with Crippen LogP contribution in [0.15, 0.2) is 30.5 Å². The van der Waals surface area contributed by atoms with Crippen LogP contribution in [0.4, 0.5) is 0 Å². The van der Waals surface area contributed by atoms with Gasteiger partial charge in [-0.15, -0.1) is 0 Å². The fourth-order valence-corrected chi connectivity index (χ4v) is 3.67. The molecular formula is C22H31ClNO+. The maximum absolute atomic E-state index is 10.3. The van der Waals surface area contributed by atoms with E-state index in [0.717, 1.165) is 35.4 Å². The lowest BCUT2D eigenvalue weighted by molar-refractivity contribution is -0.724. The van der Waals surface area contributed by atoms with Crippen molar-refractivity contribution < 1.29 is 9.67 Å². The van der Waals surface area contributed by atoms with Gasteiger partial charge in [0.2, 0.25) is 0 Å². The molecule has 1 N–H and O–H groups in total. The Kier molecular flexibility index (Phi) is 7.04. The van der Waals surface area contributed by atoms with Gasteiger partial charge in [-0.2, -0.15) is 4.57 Å². The lowest BCUT2D eigenvalue weighted by atomic mass is 9.89. The van der Waals surface area contributed by atoms with Crippen molar-refractivity contribution in [2.45, 2.75) is 72.4 Å². The van der Waals surface area contributed by atoms with Gasteiger partial charge in [-0.25, -0.2) is 0 Å². The van der Waals surface area contributed by atoms with E-state index in [1.807, 2.05) is 12.1 Å². The minimum absolute atomic E-state index is 0.0537. The number of aromatic nitrogens is 1. The molecule has 0 amide bonds. The monoisotopic (exact) mass is 360 g/mol. The Morgan fingerprint density at radius 3 is 2.20 bits per heavy atom. The Balaban J connectivity index is 2.80. The van der Waals surface area contributed by atoms with Gasteiger partial charge >= 0.3 is 0 Å². The molecule has 0 aliphatic heterocycles. The summed E-state index contributed by atoms with van der Waals surface area (Å²) in [6.07, 6.45) is 5.62. The van der Waals surface area contributed by atoms with Gasteiger partial charge in [0.15, 0.2) is 17.9 Å². The summed E-state index contributed by atoms with van der Waals surface area (Å²) in [6.45, 7) is 11.1. The minimum atomic E-state index is 0.0537. The van der Waals surface area contributed by atoms with E-state index in [-0.39, 0.29) is 6.61 Å². The number of hydrogen-bond acceptors (Lipinski definition) is 1. The SMILES string of the molecule is CCCCc1c[n+](C(C)C)c(C(C)C)c(CO)c1-c1ccc(Cl)cc1. The number of benzene rings is 1. The average Bonchev–Trinajstić information content (AvgIpc) is 2.58. The number of nitrogens with zero attached hydrogens (tertiary/aromatic N) is 1. The number of aryl methyl sites for hydroxylation is 1. The molecule has 2 aromatic rings. The molecule has 0 atom stereocenters. The first-order chi connectivity index (χ1) is 11.9. The van der Waals surface area contributed by atoms with Gasteiger partial charge < -0.3 is 5.11 Å². The molecule has 0 spiro atoms. The Morgan fingerprint density at radius 2 is 1.72 bits per heavy atom. The van der Waals surface area contributed by atoms with Crippen molar-refractivity contribution in [3.8, 4) is 11.1 Å². The van der Waals surface area contributed by atoms with E-state index < -0.39 is 0 Å². The Labute approximate surface area is 157 Å². The Bertz CT molecular complexity index is 705. The zero-order valence-corrected chi connectivity index (χ0v) is 16.9. The van der Waals surface area contributed by atoms with Crippen molar-refractivity contribution in [1.82, 2.24) is 0 Å². The van der Waals surface area contributed by atoms with Gasteiger partial charge in [0.05, 0.1) is 12.2 Å². The summed E-state index contributed by atoms with van der Waals surface area (Å²) < 4.78 is 2.35. The lowest BCUT2D eigenvalue weighted by Gasteiger charge is -2.20. The molecule has 0 unspecified atom stereocenters. The first-order valence-corrected chi connectivity index (χ1v) is 9.75. The largest absolute Gasteiger partial charge is 0.391 e. The number of unbranched alkanes of at least 4 members (excludes halogenated alkanes) is 1. The molecule has 136 valence electrons. The summed E-state index contributed by atoms with van der Waals surface area (Å²) in [4.78, 5) is 0. The van der Waals surface area contributed by atoms with Gasteiger partial charge in [-0.3, -0.25) is 0 Å². The predicted octanol–water partition coefficient (Wildman–Crippen LogP) is 5.83. The molecule has 25 heavy (non-hydrogen) atoms. The van der Waals surface area contributed by atoms with Crippen molar-refractivity contribution in [3.05, 3.63) is 52.3 Å². The van der Waals surface area contributed by atoms with Gasteiger partial charge in [0, 0.05) is 22.1 Å². The van der Waals surface area contributed by atoms with Crippen LogP contribution in [-0.2, 0) is 13.0 Å². The van der Waals surface area contributed by atoms with Crippen molar-refractivity contribution in [3.63, 3.8) is 0 Å². The standard InChI is InChI=1S/C22H31ClNO/c1-6-7-8-18-13-24(16(4)5)22(15(2)3)20(14-25)21(18)17-9-11-19(23)12-10-17/h9-13,15-16,25H,6-8,14H2,1-5H3/q+1.